The second-order valence-electron chi connectivity index (χ2n) is 4.66. The van der Waals surface area contributed by atoms with Gasteiger partial charge in [0.05, 0.1) is 6.42 Å². The molecule has 1 amide bonds. The summed E-state index contributed by atoms with van der Waals surface area (Å²) in [6.07, 6.45) is 0.0231. The number of hydrogen-bond donors (Lipinski definition) is 1. The third-order valence-electron chi connectivity index (χ3n) is 2.98. The Kier molecular flexibility index (Phi) is 5.44. The molecule has 0 bridgehead atoms. The maximum atomic E-state index is 13.1. The molecule has 5 heteroatoms. The van der Waals surface area contributed by atoms with Gasteiger partial charge in [-0.2, -0.15) is 0 Å². The van der Waals surface area contributed by atoms with Crippen LogP contribution < -0.4 is 5.32 Å². The van der Waals surface area contributed by atoms with E-state index in [9.17, 15) is 13.6 Å². The molecule has 0 atom stereocenters. The summed E-state index contributed by atoms with van der Waals surface area (Å²) in [5.41, 5.74) is 2.56. The van der Waals surface area contributed by atoms with E-state index in [0.29, 0.717) is 12.1 Å². The lowest BCUT2D eigenvalue weighted by atomic mass is 10.1. The van der Waals surface area contributed by atoms with Crippen molar-refractivity contribution in [2.24, 2.45) is 0 Å². The van der Waals surface area contributed by atoms with Crippen LogP contribution in [-0.4, -0.2) is 5.91 Å². The van der Waals surface area contributed by atoms with Crippen LogP contribution in [0.4, 0.5) is 8.78 Å². The van der Waals surface area contributed by atoms with E-state index >= 15 is 0 Å². The van der Waals surface area contributed by atoms with Crippen LogP contribution in [0.5, 0.6) is 0 Å². The van der Waals surface area contributed by atoms with Gasteiger partial charge in [-0.25, -0.2) is 8.78 Å². The monoisotopic (exact) mass is 353 g/mol. The highest BCUT2D eigenvalue weighted by Gasteiger charge is 2.07. The van der Waals surface area contributed by atoms with Crippen LogP contribution in [0.3, 0.4) is 0 Å². The summed E-state index contributed by atoms with van der Waals surface area (Å²) in [5, 5.41) is 3.52. The quantitative estimate of drug-likeness (QED) is 0.815. The molecule has 0 fully saturated rings. The molecule has 1 N–H and O–H groups in total. The molecule has 0 spiro atoms. The van der Waals surface area contributed by atoms with Gasteiger partial charge in [-0.05, 0) is 28.8 Å². The molecule has 0 aliphatic carbocycles. The Hall–Kier alpha value is -1.75. The maximum Gasteiger partial charge on any atom is 0.224 e. The van der Waals surface area contributed by atoms with Gasteiger partial charge >= 0.3 is 0 Å². The number of carbonyl (C=O) groups is 1. The average molecular weight is 354 g/mol. The zero-order valence-electron chi connectivity index (χ0n) is 11.2. The topological polar surface area (TPSA) is 29.1 Å². The van der Waals surface area contributed by atoms with Crippen molar-refractivity contribution in [1.29, 1.82) is 0 Å². The van der Waals surface area contributed by atoms with E-state index in [2.05, 4.69) is 21.2 Å². The summed E-state index contributed by atoms with van der Waals surface area (Å²) in [5.74, 6) is -2.08. The van der Waals surface area contributed by atoms with Crippen LogP contribution in [-0.2, 0) is 23.1 Å². The van der Waals surface area contributed by atoms with Crippen molar-refractivity contribution >= 4 is 21.8 Å². The minimum atomic E-state index is -0.940. The van der Waals surface area contributed by atoms with E-state index in [1.807, 2.05) is 24.3 Å². The van der Waals surface area contributed by atoms with Crippen LogP contribution in [0.15, 0.2) is 42.5 Å². The van der Waals surface area contributed by atoms with Gasteiger partial charge in [0.1, 0.15) is 0 Å². The van der Waals surface area contributed by atoms with Crippen molar-refractivity contribution in [3.8, 4) is 0 Å². The minimum absolute atomic E-state index is 0.0231. The molecular weight excluding hydrogens is 340 g/mol. The van der Waals surface area contributed by atoms with Gasteiger partial charge in [0.2, 0.25) is 5.91 Å². The van der Waals surface area contributed by atoms with Gasteiger partial charge in [0.25, 0.3) is 0 Å². The van der Waals surface area contributed by atoms with E-state index < -0.39 is 11.6 Å². The summed E-state index contributed by atoms with van der Waals surface area (Å²) in [6, 6.07) is 11.3. The molecule has 2 nitrogen and oxygen atoms in total. The molecule has 0 heterocycles. The van der Waals surface area contributed by atoms with E-state index in [1.165, 1.54) is 6.07 Å². The van der Waals surface area contributed by atoms with Crippen molar-refractivity contribution in [2.75, 3.05) is 0 Å². The van der Waals surface area contributed by atoms with Gasteiger partial charge in [-0.15, -0.1) is 0 Å². The van der Waals surface area contributed by atoms with Gasteiger partial charge in [0.15, 0.2) is 11.6 Å². The van der Waals surface area contributed by atoms with E-state index in [1.54, 1.807) is 0 Å². The summed E-state index contributed by atoms with van der Waals surface area (Å²) in [7, 11) is 0. The lowest BCUT2D eigenvalue weighted by molar-refractivity contribution is -0.120. The first-order valence-corrected chi connectivity index (χ1v) is 7.55. The number of alkyl halides is 1. The molecular formula is C16H14BrF2NO. The third kappa shape index (κ3) is 4.63. The Morgan fingerprint density at radius 1 is 1.00 bits per heavy atom. The summed E-state index contributed by atoms with van der Waals surface area (Å²) >= 11 is 3.38. The van der Waals surface area contributed by atoms with E-state index in [-0.39, 0.29) is 12.3 Å². The SMILES string of the molecule is O=C(Cc1ccc(F)c(F)c1)NCc1cccc(CBr)c1. The second-order valence-corrected chi connectivity index (χ2v) is 5.22. The number of rotatable bonds is 5. The number of halogens is 3. The Morgan fingerprint density at radius 2 is 1.76 bits per heavy atom. The molecule has 0 saturated carbocycles. The predicted octanol–water partition coefficient (Wildman–Crippen LogP) is 3.72. The van der Waals surface area contributed by atoms with E-state index in [0.717, 1.165) is 28.6 Å². The van der Waals surface area contributed by atoms with Crippen LogP contribution in [0.1, 0.15) is 16.7 Å². The maximum absolute atomic E-state index is 13.1. The molecule has 2 aromatic rings. The summed E-state index contributed by atoms with van der Waals surface area (Å²) < 4.78 is 25.9. The van der Waals surface area contributed by atoms with Crippen molar-refractivity contribution in [3.63, 3.8) is 0 Å². The predicted molar refractivity (Wildman–Crippen MR) is 81.0 cm³/mol. The van der Waals surface area contributed by atoms with Gasteiger partial charge in [0, 0.05) is 11.9 Å². The van der Waals surface area contributed by atoms with Crippen LogP contribution in [0.25, 0.3) is 0 Å². The molecule has 0 aliphatic heterocycles. The second kappa shape index (κ2) is 7.31. The Labute approximate surface area is 130 Å². The molecule has 0 aliphatic rings. The average Bonchev–Trinajstić information content (AvgIpc) is 2.49. The number of nitrogens with one attached hydrogen (secondary N) is 1. The smallest absolute Gasteiger partial charge is 0.224 e. The summed E-state index contributed by atoms with van der Waals surface area (Å²) in [6.45, 7) is 0.406. The molecule has 21 heavy (non-hydrogen) atoms. The molecule has 2 rings (SSSR count). The van der Waals surface area contributed by atoms with Crippen LogP contribution in [0, 0.1) is 11.6 Å². The zero-order valence-corrected chi connectivity index (χ0v) is 12.8. The lowest BCUT2D eigenvalue weighted by Crippen LogP contribution is -2.24. The molecule has 110 valence electrons. The number of hydrogen-bond acceptors (Lipinski definition) is 1. The van der Waals surface area contributed by atoms with Crippen molar-refractivity contribution in [2.45, 2.75) is 18.3 Å². The van der Waals surface area contributed by atoms with Crippen LogP contribution in [0.2, 0.25) is 0 Å². The van der Waals surface area contributed by atoms with Crippen molar-refractivity contribution in [1.82, 2.24) is 5.32 Å². The van der Waals surface area contributed by atoms with Crippen molar-refractivity contribution in [3.05, 3.63) is 70.8 Å². The molecule has 0 aromatic heterocycles. The highest BCUT2D eigenvalue weighted by atomic mass is 79.9. The number of benzene rings is 2. The van der Waals surface area contributed by atoms with Crippen LogP contribution >= 0.6 is 15.9 Å². The van der Waals surface area contributed by atoms with E-state index in [4.69, 9.17) is 0 Å². The highest BCUT2D eigenvalue weighted by Crippen LogP contribution is 2.10. The first-order valence-electron chi connectivity index (χ1n) is 6.43. The largest absolute Gasteiger partial charge is 0.352 e. The molecule has 0 radical (unpaired) electrons. The molecule has 0 saturated heterocycles. The molecule has 0 unspecified atom stereocenters. The first-order chi connectivity index (χ1) is 10.1. The highest BCUT2D eigenvalue weighted by molar-refractivity contribution is 9.08. The number of carbonyl (C=O) groups excluding carboxylic acids is 1. The Morgan fingerprint density at radius 3 is 2.48 bits per heavy atom. The first kappa shape index (κ1) is 15.6. The summed E-state index contributed by atoms with van der Waals surface area (Å²) in [4.78, 5) is 11.8. The third-order valence-corrected chi connectivity index (χ3v) is 3.63. The fraction of sp³-hybridized carbons (Fsp3) is 0.188. The number of amides is 1. The Bertz CT molecular complexity index is 646. The zero-order chi connectivity index (χ0) is 15.2. The fourth-order valence-corrected chi connectivity index (χ4v) is 2.27. The van der Waals surface area contributed by atoms with Crippen molar-refractivity contribution < 1.29 is 13.6 Å². The fourth-order valence-electron chi connectivity index (χ4n) is 1.92. The Balaban J connectivity index is 1.91. The van der Waals surface area contributed by atoms with Gasteiger partial charge in [-0.3, -0.25) is 4.79 Å². The van der Waals surface area contributed by atoms with Gasteiger partial charge in [-0.1, -0.05) is 46.3 Å². The minimum Gasteiger partial charge on any atom is -0.352 e. The van der Waals surface area contributed by atoms with Gasteiger partial charge < -0.3 is 5.32 Å². The standard InChI is InChI=1S/C16H14BrF2NO/c17-9-12-2-1-3-13(6-12)10-20-16(21)8-11-4-5-14(18)15(19)7-11/h1-7H,8-10H2,(H,20,21). The lowest BCUT2D eigenvalue weighted by Gasteiger charge is -2.07. The normalized spacial score (nSPS) is 10.4. The molecule has 2 aromatic carbocycles.